The van der Waals surface area contributed by atoms with Gasteiger partial charge in [-0.2, -0.15) is 4.98 Å². The number of nitrogens with zero attached hydrogens (tertiary/aromatic N) is 6. The van der Waals surface area contributed by atoms with Crippen LogP contribution in [0.25, 0.3) is 17.2 Å². The third-order valence-corrected chi connectivity index (χ3v) is 6.36. The minimum Gasteiger partial charge on any atom is -0.377 e. The molecule has 9 nitrogen and oxygen atoms in total. The number of carbonyl (C=O) groups excluding carboxylic acids is 1. The van der Waals surface area contributed by atoms with Crippen LogP contribution in [-0.4, -0.2) is 55.9 Å². The number of benzene rings is 1. The molecule has 0 spiro atoms. The normalized spacial score (nSPS) is 22.6. The maximum absolute atomic E-state index is 14.2. The quantitative estimate of drug-likeness (QED) is 0.609. The molecule has 2 aromatic heterocycles. The predicted molar refractivity (Wildman–Crippen MR) is 112 cm³/mol. The van der Waals surface area contributed by atoms with Crippen LogP contribution in [0.2, 0.25) is 0 Å². The summed E-state index contributed by atoms with van der Waals surface area (Å²) in [5.41, 5.74) is 2.51. The van der Waals surface area contributed by atoms with Gasteiger partial charge < -0.3 is 14.2 Å². The van der Waals surface area contributed by atoms with Crippen LogP contribution in [0.1, 0.15) is 44.2 Å². The molecule has 1 aliphatic carbocycles. The standard InChI is InChI=1S/C22H23FN6O3/c1-12-9-31-10-13(2)29(12)22(30)27-8-18-19(20-25-21(32-26-20)14-3-4-14)24-11-28(18)16-6-5-15(23)7-17(16)27/h5-7,11-14H,3-4,8-10H2,1-2H3. The predicted octanol–water partition coefficient (Wildman–Crippen LogP) is 3.49. The zero-order chi connectivity index (χ0) is 22.0. The Morgan fingerprint density at radius 2 is 1.94 bits per heavy atom. The highest BCUT2D eigenvalue weighted by molar-refractivity contribution is 5.95. The van der Waals surface area contributed by atoms with Crippen molar-refractivity contribution >= 4 is 11.7 Å². The molecular weight excluding hydrogens is 415 g/mol. The largest absolute Gasteiger partial charge is 0.377 e. The fourth-order valence-corrected chi connectivity index (χ4v) is 4.59. The third-order valence-electron chi connectivity index (χ3n) is 6.36. The van der Waals surface area contributed by atoms with Gasteiger partial charge in [-0.1, -0.05) is 5.16 Å². The van der Waals surface area contributed by atoms with Crippen molar-refractivity contribution in [3.63, 3.8) is 0 Å². The summed E-state index contributed by atoms with van der Waals surface area (Å²) >= 11 is 0. The fraction of sp³-hybridized carbons (Fsp3) is 0.455. The number of urea groups is 1. The summed E-state index contributed by atoms with van der Waals surface area (Å²) in [5.74, 6) is 0.970. The molecule has 4 heterocycles. The van der Waals surface area contributed by atoms with E-state index in [1.165, 1.54) is 12.1 Å². The van der Waals surface area contributed by atoms with Crippen molar-refractivity contribution in [1.29, 1.82) is 0 Å². The Morgan fingerprint density at radius 1 is 1.16 bits per heavy atom. The van der Waals surface area contributed by atoms with Crippen LogP contribution in [0, 0.1) is 5.82 Å². The van der Waals surface area contributed by atoms with Gasteiger partial charge >= 0.3 is 6.03 Å². The number of anilines is 1. The lowest BCUT2D eigenvalue weighted by atomic mass is 10.1. The van der Waals surface area contributed by atoms with Gasteiger partial charge in [-0.25, -0.2) is 14.2 Å². The topological polar surface area (TPSA) is 89.5 Å². The molecule has 2 fully saturated rings. The molecule has 1 aromatic carbocycles. The van der Waals surface area contributed by atoms with Crippen molar-refractivity contribution in [2.45, 2.75) is 51.2 Å². The van der Waals surface area contributed by atoms with Gasteiger partial charge in [0.05, 0.1) is 48.9 Å². The smallest absolute Gasteiger partial charge is 0.325 e. The number of aromatic nitrogens is 4. The Balaban J connectivity index is 1.43. The first-order chi connectivity index (χ1) is 15.5. The molecule has 10 heteroatoms. The van der Waals surface area contributed by atoms with E-state index < -0.39 is 5.82 Å². The number of amides is 2. The van der Waals surface area contributed by atoms with Crippen LogP contribution in [0.3, 0.4) is 0 Å². The van der Waals surface area contributed by atoms with Crippen molar-refractivity contribution in [2.24, 2.45) is 0 Å². The molecule has 2 atom stereocenters. The van der Waals surface area contributed by atoms with E-state index in [9.17, 15) is 9.18 Å². The van der Waals surface area contributed by atoms with Gasteiger partial charge in [-0.05, 0) is 44.9 Å². The minimum atomic E-state index is -0.402. The van der Waals surface area contributed by atoms with E-state index in [1.807, 2.05) is 23.3 Å². The van der Waals surface area contributed by atoms with Gasteiger partial charge in [-0.3, -0.25) is 9.47 Å². The third kappa shape index (κ3) is 3.01. The number of hydrogen-bond donors (Lipinski definition) is 0. The summed E-state index contributed by atoms with van der Waals surface area (Å²) in [5, 5.41) is 4.13. The van der Waals surface area contributed by atoms with Crippen LogP contribution < -0.4 is 4.90 Å². The summed E-state index contributed by atoms with van der Waals surface area (Å²) in [6, 6.07) is 4.07. The number of rotatable bonds is 2. The Labute approximate surface area is 183 Å². The Morgan fingerprint density at radius 3 is 2.69 bits per heavy atom. The highest BCUT2D eigenvalue weighted by atomic mass is 19.1. The first-order valence-corrected chi connectivity index (χ1v) is 10.9. The van der Waals surface area contributed by atoms with Crippen molar-refractivity contribution < 1.29 is 18.4 Å². The zero-order valence-corrected chi connectivity index (χ0v) is 17.9. The molecule has 1 saturated carbocycles. The molecule has 0 radical (unpaired) electrons. The average molecular weight is 438 g/mol. The highest BCUT2D eigenvalue weighted by Gasteiger charge is 2.38. The molecule has 3 aliphatic rings. The van der Waals surface area contributed by atoms with Crippen LogP contribution in [0.5, 0.6) is 0 Å². The van der Waals surface area contributed by atoms with E-state index >= 15 is 0 Å². The molecule has 1 saturated heterocycles. The van der Waals surface area contributed by atoms with E-state index in [2.05, 4.69) is 15.1 Å². The van der Waals surface area contributed by atoms with E-state index in [0.717, 1.165) is 18.5 Å². The first-order valence-electron chi connectivity index (χ1n) is 10.9. The molecule has 0 N–H and O–H groups in total. The lowest BCUT2D eigenvalue weighted by molar-refractivity contribution is -0.0127. The number of ether oxygens (including phenoxy) is 1. The van der Waals surface area contributed by atoms with E-state index in [-0.39, 0.29) is 24.7 Å². The van der Waals surface area contributed by atoms with Gasteiger partial charge in [0.1, 0.15) is 17.8 Å². The summed E-state index contributed by atoms with van der Waals surface area (Å²) in [7, 11) is 0. The van der Waals surface area contributed by atoms with Crippen molar-refractivity contribution in [3.8, 4) is 17.2 Å². The number of hydrogen-bond acceptors (Lipinski definition) is 6. The molecular formula is C22H23FN6O3. The second-order valence-electron chi connectivity index (χ2n) is 8.78. The number of fused-ring (bicyclic) bond motifs is 3. The number of imidazole rings is 1. The monoisotopic (exact) mass is 438 g/mol. The minimum absolute atomic E-state index is 0.0899. The Kier molecular flexibility index (Phi) is 4.32. The van der Waals surface area contributed by atoms with E-state index in [4.69, 9.17) is 9.26 Å². The van der Waals surface area contributed by atoms with Crippen molar-refractivity contribution in [2.75, 3.05) is 18.1 Å². The first kappa shape index (κ1) is 19.4. The van der Waals surface area contributed by atoms with Crippen LogP contribution in [-0.2, 0) is 11.3 Å². The van der Waals surface area contributed by atoms with Crippen LogP contribution in [0.4, 0.5) is 14.9 Å². The average Bonchev–Trinajstić information content (AvgIpc) is 3.35. The maximum Gasteiger partial charge on any atom is 0.325 e. The zero-order valence-electron chi connectivity index (χ0n) is 17.9. The molecule has 32 heavy (non-hydrogen) atoms. The molecule has 0 bridgehead atoms. The molecule has 2 aliphatic heterocycles. The second-order valence-corrected chi connectivity index (χ2v) is 8.78. The Bertz CT molecular complexity index is 1190. The van der Waals surface area contributed by atoms with E-state index in [0.29, 0.717) is 47.9 Å². The Hall–Kier alpha value is -3.27. The van der Waals surface area contributed by atoms with Gasteiger partial charge in [0.2, 0.25) is 11.7 Å². The van der Waals surface area contributed by atoms with Crippen LogP contribution in [0.15, 0.2) is 29.0 Å². The summed E-state index contributed by atoms with van der Waals surface area (Å²) < 4.78 is 27.1. The van der Waals surface area contributed by atoms with Gasteiger partial charge in [-0.15, -0.1) is 0 Å². The molecule has 166 valence electrons. The van der Waals surface area contributed by atoms with E-state index in [1.54, 1.807) is 17.3 Å². The summed E-state index contributed by atoms with van der Waals surface area (Å²) in [6.45, 7) is 5.07. The van der Waals surface area contributed by atoms with Crippen LogP contribution >= 0.6 is 0 Å². The van der Waals surface area contributed by atoms with Crippen molar-refractivity contribution in [1.82, 2.24) is 24.6 Å². The maximum atomic E-state index is 14.2. The molecule has 3 aromatic rings. The summed E-state index contributed by atoms with van der Waals surface area (Å²) in [6.07, 6.45) is 3.77. The number of morpholine rings is 1. The molecule has 2 amide bonds. The van der Waals surface area contributed by atoms with Gasteiger partial charge in [0.15, 0.2) is 0 Å². The number of carbonyl (C=O) groups is 1. The fourth-order valence-electron chi connectivity index (χ4n) is 4.59. The molecule has 2 unspecified atom stereocenters. The lowest BCUT2D eigenvalue weighted by Crippen LogP contribution is -2.57. The highest BCUT2D eigenvalue weighted by Crippen LogP contribution is 2.41. The lowest BCUT2D eigenvalue weighted by Gasteiger charge is -2.42. The molecule has 6 rings (SSSR count). The van der Waals surface area contributed by atoms with Crippen molar-refractivity contribution in [3.05, 3.63) is 41.9 Å². The number of halogens is 1. The second kappa shape index (κ2) is 7.13. The van der Waals surface area contributed by atoms with Gasteiger partial charge in [0, 0.05) is 5.92 Å². The summed E-state index contributed by atoms with van der Waals surface area (Å²) in [4.78, 5) is 26.2. The van der Waals surface area contributed by atoms with Gasteiger partial charge in [0.25, 0.3) is 0 Å². The SMILES string of the molecule is CC1COCC(C)N1C(=O)N1Cc2c(-c3noc(C4CC4)n3)ncn2-c2ccc(F)cc21.